The number of amides is 2. The van der Waals surface area contributed by atoms with E-state index < -0.39 is 0 Å². The number of hydrogen-bond acceptors (Lipinski definition) is 2. The second kappa shape index (κ2) is 5.16. The molecule has 0 spiro atoms. The lowest BCUT2D eigenvalue weighted by atomic mass is 10.3. The Balaban J connectivity index is 1.82. The van der Waals surface area contributed by atoms with Gasteiger partial charge in [0.25, 0.3) is 0 Å². The summed E-state index contributed by atoms with van der Waals surface area (Å²) >= 11 is 0. The number of para-hydroxylation sites is 1. The average Bonchev–Trinajstić information content (AvgIpc) is 2.74. The average molecular weight is 230 g/mol. The van der Waals surface area contributed by atoms with Crippen molar-refractivity contribution in [3.05, 3.63) is 48.3 Å². The van der Waals surface area contributed by atoms with E-state index in [1.807, 2.05) is 43.6 Å². The summed E-state index contributed by atoms with van der Waals surface area (Å²) in [6.07, 6.45) is 3.59. The van der Waals surface area contributed by atoms with Crippen molar-refractivity contribution in [2.45, 2.75) is 6.54 Å². The normalized spacial score (nSPS) is 9.94. The molecule has 2 N–H and O–H groups in total. The van der Waals surface area contributed by atoms with Gasteiger partial charge in [0.05, 0.1) is 6.20 Å². The first-order chi connectivity index (χ1) is 8.24. The minimum Gasteiger partial charge on any atom is -0.334 e. The fraction of sp³-hybridized carbons (Fsp3) is 0.167. The van der Waals surface area contributed by atoms with Crippen LogP contribution in [0.3, 0.4) is 0 Å². The maximum atomic E-state index is 11.5. The highest BCUT2D eigenvalue weighted by Crippen LogP contribution is 2.04. The Morgan fingerprint density at radius 1 is 1.35 bits per heavy atom. The van der Waals surface area contributed by atoms with Crippen molar-refractivity contribution in [1.29, 1.82) is 0 Å². The first kappa shape index (κ1) is 11.2. The fourth-order valence-electron chi connectivity index (χ4n) is 1.44. The summed E-state index contributed by atoms with van der Waals surface area (Å²) in [7, 11) is 1.84. The number of urea groups is 1. The number of hydrogen-bond donors (Lipinski definition) is 2. The molecule has 1 aromatic carbocycles. The molecule has 0 aliphatic heterocycles. The molecular weight excluding hydrogens is 216 g/mol. The van der Waals surface area contributed by atoms with Gasteiger partial charge in [-0.2, -0.15) is 5.10 Å². The number of aryl methyl sites for hydroxylation is 1. The van der Waals surface area contributed by atoms with Crippen LogP contribution in [0.1, 0.15) is 5.56 Å². The van der Waals surface area contributed by atoms with E-state index in [-0.39, 0.29) is 6.03 Å². The molecule has 0 bridgehead atoms. The van der Waals surface area contributed by atoms with Crippen LogP contribution in [0.15, 0.2) is 42.7 Å². The molecule has 2 rings (SSSR count). The minimum atomic E-state index is -0.222. The van der Waals surface area contributed by atoms with Gasteiger partial charge in [-0.1, -0.05) is 18.2 Å². The molecule has 0 aliphatic carbocycles. The van der Waals surface area contributed by atoms with Gasteiger partial charge in [-0.05, 0) is 12.1 Å². The Morgan fingerprint density at radius 3 is 2.76 bits per heavy atom. The predicted molar refractivity (Wildman–Crippen MR) is 65.5 cm³/mol. The van der Waals surface area contributed by atoms with Crippen LogP contribution in [-0.4, -0.2) is 15.8 Å². The van der Waals surface area contributed by atoms with Crippen LogP contribution in [0.5, 0.6) is 0 Å². The van der Waals surface area contributed by atoms with Gasteiger partial charge in [0.2, 0.25) is 0 Å². The van der Waals surface area contributed by atoms with Crippen molar-refractivity contribution < 1.29 is 4.79 Å². The van der Waals surface area contributed by atoms with Crippen molar-refractivity contribution in [2.24, 2.45) is 7.05 Å². The first-order valence-electron chi connectivity index (χ1n) is 5.31. The molecule has 1 aromatic heterocycles. The fourth-order valence-corrected chi connectivity index (χ4v) is 1.44. The SMILES string of the molecule is Cn1cc(CNC(=O)Nc2ccccc2)cn1. The van der Waals surface area contributed by atoms with Crippen molar-refractivity contribution in [3.8, 4) is 0 Å². The van der Waals surface area contributed by atoms with Gasteiger partial charge in [0, 0.05) is 31.0 Å². The second-order valence-electron chi connectivity index (χ2n) is 3.70. The van der Waals surface area contributed by atoms with E-state index in [0.29, 0.717) is 6.54 Å². The zero-order valence-electron chi connectivity index (χ0n) is 9.55. The maximum absolute atomic E-state index is 11.5. The van der Waals surface area contributed by atoms with Gasteiger partial charge in [-0.25, -0.2) is 4.79 Å². The van der Waals surface area contributed by atoms with Crippen LogP contribution < -0.4 is 10.6 Å². The van der Waals surface area contributed by atoms with Crippen molar-refractivity contribution in [3.63, 3.8) is 0 Å². The molecule has 2 amide bonds. The van der Waals surface area contributed by atoms with E-state index in [1.54, 1.807) is 10.9 Å². The Labute approximate surface area is 99.5 Å². The summed E-state index contributed by atoms with van der Waals surface area (Å²) in [6, 6.07) is 9.10. The summed E-state index contributed by atoms with van der Waals surface area (Å²) in [4.78, 5) is 11.5. The summed E-state index contributed by atoms with van der Waals surface area (Å²) in [5, 5.41) is 9.52. The first-order valence-corrected chi connectivity index (χ1v) is 5.31. The van der Waals surface area contributed by atoms with Crippen LogP contribution >= 0.6 is 0 Å². The Bertz CT molecular complexity index is 492. The molecule has 0 saturated heterocycles. The van der Waals surface area contributed by atoms with Crippen molar-refractivity contribution in [1.82, 2.24) is 15.1 Å². The molecule has 0 fully saturated rings. The minimum absolute atomic E-state index is 0.222. The number of rotatable bonds is 3. The topological polar surface area (TPSA) is 59.0 Å². The van der Waals surface area contributed by atoms with Crippen LogP contribution in [0.2, 0.25) is 0 Å². The maximum Gasteiger partial charge on any atom is 0.319 e. The number of carbonyl (C=O) groups is 1. The predicted octanol–water partition coefficient (Wildman–Crippen LogP) is 1.74. The molecule has 0 saturated carbocycles. The number of anilines is 1. The molecule has 88 valence electrons. The number of benzene rings is 1. The number of nitrogens with one attached hydrogen (secondary N) is 2. The number of aromatic nitrogens is 2. The van der Waals surface area contributed by atoms with E-state index in [1.165, 1.54) is 0 Å². The van der Waals surface area contributed by atoms with Gasteiger partial charge in [-0.15, -0.1) is 0 Å². The van der Waals surface area contributed by atoms with E-state index in [2.05, 4.69) is 15.7 Å². The lowest BCUT2D eigenvalue weighted by Crippen LogP contribution is -2.27. The molecule has 1 heterocycles. The smallest absolute Gasteiger partial charge is 0.319 e. The van der Waals surface area contributed by atoms with Crippen molar-refractivity contribution >= 4 is 11.7 Å². The molecule has 0 aliphatic rings. The van der Waals surface area contributed by atoms with Crippen molar-refractivity contribution in [2.75, 3.05) is 5.32 Å². The summed E-state index contributed by atoms with van der Waals surface area (Å²) < 4.78 is 1.70. The monoisotopic (exact) mass is 230 g/mol. The molecule has 0 radical (unpaired) electrons. The Hall–Kier alpha value is -2.30. The van der Waals surface area contributed by atoms with Gasteiger partial charge in [-0.3, -0.25) is 4.68 Å². The van der Waals surface area contributed by atoms with E-state index in [9.17, 15) is 4.79 Å². The van der Waals surface area contributed by atoms with E-state index >= 15 is 0 Å². The van der Waals surface area contributed by atoms with E-state index in [0.717, 1.165) is 11.3 Å². The van der Waals surface area contributed by atoms with Crippen LogP contribution in [-0.2, 0) is 13.6 Å². The van der Waals surface area contributed by atoms with Crippen LogP contribution in [0.25, 0.3) is 0 Å². The van der Waals surface area contributed by atoms with Gasteiger partial charge >= 0.3 is 6.03 Å². The van der Waals surface area contributed by atoms with Gasteiger partial charge < -0.3 is 10.6 Å². The third-order valence-corrected chi connectivity index (χ3v) is 2.24. The lowest BCUT2D eigenvalue weighted by molar-refractivity contribution is 0.251. The number of nitrogens with zero attached hydrogens (tertiary/aromatic N) is 2. The molecule has 0 unspecified atom stereocenters. The molecule has 2 aromatic rings. The van der Waals surface area contributed by atoms with Gasteiger partial charge in [0.1, 0.15) is 0 Å². The Kier molecular flexibility index (Phi) is 3.40. The largest absolute Gasteiger partial charge is 0.334 e. The third kappa shape index (κ3) is 3.34. The van der Waals surface area contributed by atoms with E-state index in [4.69, 9.17) is 0 Å². The van der Waals surface area contributed by atoms with Gasteiger partial charge in [0.15, 0.2) is 0 Å². The molecule has 5 heteroatoms. The molecule has 5 nitrogen and oxygen atoms in total. The highest BCUT2D eigenvalue weighted by molar-refractivity contribution is 5.89. The third-order valence-electron chi connectivity index (χ3n) is 2.24. The number of carbonyl (C=O) groups excluding carboxylic acids is 1. The zero-order chi connectivity index (χ0) is 12.1. The molecule has 17 heavy (non-hydrogen) atoms. The quantitative estimate of drug-likeness (QED) is 0.843. The highest BCUT2D eigenvalue weighted by Gasteiger charge is 2.01. The highest BCUT2D eigenvalue weighted by atomic mass is 16.2. The lowest BCUT2D eigenvalue weighted by Gasteiger charge is -2.05. The Morgan fingerprint density at radius 2 is 2.12 bits per heavy atom. The second-order valence-corrected chi connectivity index (χ2v) is 3.70. The standard InChI is InChI=1S/C12H14N4O/c1-16-9-10(8-14-16)7-13-12(17)15-11-5-3-2-4-6-11/h2-6,8-9H,7H2,1H3,(H2,13,15,17). The summed E-state index contributed by atoms with van der Waals surface area (Å²) in [6.45, 7) is 0.465. The summed E-state index contributed by atoms with van der Waals surface area (Å²) in [5.74, 6) is 0. The zero-order valence-corrected chi connectivity index (χ0v) is 9.55. The molecule has 0 atom stereocenters. The van der Waals surface area contributed by atoms with Crippen LogP contribution in [0, 0.1) is 0 Å². The summed E-state index contributed by atoms with van der Waals surface area (Å²) in [5.41, 5.74) is 1.74. The van der Waals surface area contributed by atoms with Crippen LogP contribution in [0.4, 0.5) is 10.5 Å². The molecular formula is C12H14N4O.